The second-order valence-corrected chi connectivity index (χ2v) is 15.3. The van der Waals surface area contributed by atoms with Gasteiger partial charge < -0.3 is 14.2 Å². The van der Waals surface area contributed by atoms with Crippen LogP contribution in [-0.4, -0.2) is 37.9 Å². The normalized spacial score (nSPS) is 12.6. The summed E-state index contributed by atoms with van der Waals surface area (Å²) in [6.45, 7) is 7.71. The van der Waals surface area contributed by atoms with Gasteiger partial charge in [0.1, 0.15) is 6.61 Å². The fourth-order valence-electron chi connectivity index (χ4n) is 6.34. The number of carbonyl (C=O) groups is 2. The van der Waals surface area contributed by atoms with Gasteiger partial charge in [0.25, 0.3) is 0 Å². The number of carbonyl (C=O) groups excluding carboxylic acids is 2. The van der Waals surface area contributed by atoms with Gasteiger partial charge in [-0.1, -0.05) is 185 Å². The van der Waals surface area contributed by atoms with Gasteiger partial charge in [0.15, 0.2) is 6.10 Å². The average molecular weight is 757 g/mol. The molecule has 5 heteroatoms. The topological polar surface area (TPSA) is 61.8 Å². The average Bonchev–Trinajstić information content (AvgIpc) is 3.17. The minimum atomic E-state index is -0.541. The lowest BCUT2D eigenvalue weighted by molar-refractivity contribution is -0.163. The number of esters is 2. The molecule has 54 heavy (non-hydrogen) atoms. The molecule has 0 aromatic carbocycles. The first-order valence-corrected chi connectivity index (χ1v) is 23.2. The van der Waals surface area contributed by atoms with Crippen molar-refractivity contribution in [2.75, 3.05) is 19.8 Å². The molecule has 0 rings (SSSR count). The number of unbranched alkanes of at least 4 members (excludes halogenated alkanes) is 23. The molecule has 0 aliphatic rings. The number of hydrogen-bond donors (Lipinski definition) is 0. The zero-order valence-corrected chi connectivity index (χ0v) is 36.0. The molecule has 1 unspecified atom stereocenters. The summed E-state index contributed by atoms with van der Waals surface area (Å²) in [5.74, 6) is -0.420. The van der Waals surface area contributed by atoms with Gasteiger partial charge >= 0.3 is 11.9 Å². The molecule has 0 fully saturated rings. The zero-order chi connectivity index (χ0) is 39.3. The van der Waals surface area contributed by atoms with Crippen LogP contribution in [0.5, 0.6) is 0 Å². The Balaban J connectivity index is 4.20. The van der Waals surface area contributed by atoms with Gasteiger partial charge in [-0.25, -0.2) is 0 Å². The van der Waals surface area contributed by atoms with Gasteiger partial charge in [0.2, 0.25) is 0 Å². The van der Waals surface area contributed by atoms with E-state index in [0.717, 1.165) is 70.6 Å². The highest BCUT2D eigenvalue weighted by molar-refractivity contribution is 5.70. The van der Waals surface area contributed by atoms with Crippen LogP contribution < -0.4 is 0 Å². The first-order chi connectivity index (χ1) is 26.6. The molecular weight excluding hydrogens is 669 g/mol. The van der Waals surface area contributed by atoms with Crippen LogP contribution in [0.15, 0.2) is 48.6 Å². The Morgan fingerprint density at radius 2 is 0.815 bits per heavy atom. The molecule has 0 heterocycles. The summed E-state index contributed by atoms with van der Waals surface area (Å²) >= 11 is 0. The van der Waals surface area contributed by atoms with E-state index in [1.165, 1.54) is 122 Å². The van der Waals surface area contributed by atoms with Crippen molar-refractivity contribution in [2.24, 2.45) is 0 Å². The lowest BCUT2D eigenvalue weighted by atomic mass is 10.1. The van der Waals surface area contributed by atoms with Gasteiger partial charge in [-0.2, -0.15) is 0 Å². The summed E-state index contributed by atoms with van der Waals surface area (Å²) in [7, 11) is 0. The van der Waals surface area contributed by atoms with Crippen LogP contribution >= 0.6 is 0 Å². The van der Waals surface area contributed by atoms with E-state index in [9.17, 15) is 9.59 Å². The van der Waals surface area contributed by atoms with E-state index >= 15 is 0 Å². The van der Waals surface area contributed by atoms with Gasteiger partial charge in [0, 0.05) is 19.4 Å². The Bertz CT molecular complexity index is 904. The lowest BCUT2D eigenvalue weighted by Crippen LogP contribution is -2.30. The van der Waals surface area contributed by atoms with E-state index in [-0.39, 0.29) is 25.2 Å². The molecule has 0 saturated carbocycles. The van der Waals surface area contributed by atoms with E-state index in [0.29, 0.717) is 19.4 Å². The summed E-state index contributed by atoms with van der Waals surface area (Å²) in [6.07, 6.45) is 53.9. The Hall–Kier alpha value is -2.14. The third kappa shape index (κ3) is 42.6. The summed E-state index contributed by atoms with van der Waals surface area (Å²) in [6, 6.07) is 0. The van der Waals surface area contributed by atoms with Gasteiger partial charge in [-0.15, -0.1) is 0 Å². The van der Waals surface area contributed by atoms with E-state index in [1.54, 1.807) is 0 Å². The fraction of sp³-hybridized carbons (Fsp3) is 0.796. The molecule has 5 nitrogen and oxygen atoms in total. The summed E-state index contributed by atoms with van der Waals surface area (Å²) in [5, 5.41) is 0. The van der Waals surface area contributed by atoms with Crippen LogP contribution in [0.3, 0.4) is 0 Å². The summed E-state index contributed by atoms with van der Waals surface area (Å²) in [5.41, 5.74) is 0. The van der Waals surface area contributed by atoms with Crippen LogP contribution in [0.4, 0.5) is 0 Å². The van der Waals surface area contributed by atoms with Crippen LogP contribution in [-0.2, 0) is 23.8 Å². The number of allylic oxidation sites excluding steroid dienone is 8. The Kier molecular flexibility index (Phi) is 43.5. The van der Waals surface area contributed by atoms with E-state index < -0.39 is 6.10 Å². The molecule has 1 atom stereocenters. The monoisotopic (exact) mass is 757 g/mol. The Morgan fingerprint density at radius 3 is 1.33 bits per heavy atom. The molecule has 0 bridgehead atoms. The van der Waals surface area contributed by atoms with Crippen molar-refractivity contribution in [1.82, 2.24) is 0 Å². The lowest BCUT2D eigenvalue weighted by Gasteiger charge is -2.18. The maximum absolute atomic E-state index is 12.7. The standard InChI is InChI=1S/C49H88O5/c1-4-7-10-13-16-19-21-23-24-25-26-28-29-31-33-36-39-42-48(50)53-46-47(45-52-44-41-38-35-18-15-12-9-6-3)54-49(51)43-40-37-34-32-30-27-22-20-17-14-11-8-5-2/h11,14,16,19-20,22-24,47H,4-10,12-13,15,17-18,21,25-46H2,1-3H3/b14-11-,19-16-,22-20-,24-23-. The molecule has 314 valence electrons. The third-order valence-corrected chi connectivity index (χ3v) is 9.82. The zero-order valence-electron chi connectivity index (χ0n) is 36.0. The predicted octanol–water partition coefficient (Wildman–Crippen LogP) is 15.2. The highest BCUT2D eigenvalue weighted by Crippen LogP contribution is 2.13. The second-order valence-electron chi connectivity index (χ2n) is 15.3. The van der Waals surface area contributed by atoms with E-state index in [1.807, 2.05) is 0 Å². The van der Waals surface area contributed by atoms with Crippen molar-refractivity contribution in [3.05, 3.63) is 48.6 Å². The third-order valence-electron chi connectivity index (χ3n) is 9.82. The smallest absolute Gasteiger partial charge is 0.306 e. The highest BCUT2D eigenvalue weighted by Gasteiger charge is 2.17. The molecule has 0 spiro atoms. The van der Waals surface area contributed by atoms with E-state index in [4.69, 9.17) is 14.2 Å². The van der Waals surface area contributed by atoms with Crippen molar-refractivity contribution in [3.8, 4) is 0 Å². The molecule has 0 amide bonds. The first-order valence-electron chi connectivity index (χ1n) is 23.2. The van der Waals surface area contributed by atoms with Crippen LogP contribution in [0.25, 0.3) is 0 Å². The maximum atomic E-state index is 12.7. The van der Waals surface area contributed by atoms with Gasteiger partial charge in [-0.05, 0) is 77.0 Å². The van der Waals surface area contributed by atoms with E-state index in [2.05, 4.69) is 69.4 Å². The quantitative estimate of drug-likeness (QED) is 0.0353. The van der Waals surface area contributed by atoms with Crippen molar-refractivity contribution in [2.45, 2.75) is 232 Å². The molecule has 0 aliphatic carbocycles. The van der Waals surface area contributed by atoms with Crippen molar-refractivity contribution in [1.29, 1.82) is 0 Å². The molecule has 0 aliphatic heterocycles. The molecule has 0 saturated heterocycles. The Labute approximate surface area is 335 Å². The van der Waals surface area contributed by atoms with Gasteiger partial charge in [-0.3, -0.25) is 9.59 Å². The van der Waals surface area contributed by atoms with Crippen LogP contribution in [0.1, 0.15) is 226 Å². The second kappa shape index (κ2) is 45.3. The largest absolute Gasteiger partial charge is 0.462 e. The maximum Gasteiger partial charge on any atom is 0.306 e. The highest BCUT2D eigenvalue weighted by atomic mass is 16.6. The number of ether oxygens (including phenoxy) is 3. The predicted molar refractivity (Wildman–Crippen MR) is 233 cm³/mol. The number of hydrogen-bond acceptors (Lipinski definition) is 5. The molecule has 0 N–H and O–H groups in total. The van der Waals surface area contributed by atoms with Crippen molar-refractivity contribution >= 4 is 11.9 Å². The minimum absolute atomic E-state index is 0.0770. The fourth-order valence-corrected chi connectivity index (χ4v) is 6.34. The first kappa shape index (κ1) is 51.9. The summed E-state index contributed by atoms with van der Waals surface area (Å²) < 4.78 is 17.3. The van der Waals surface area contributed by atoms with Crippen LogP contribution in [0, 0.1) is 0 Å². The van der Waals surface area contributed by atoms with Crippen LogP contribution in [0.2, 0.25) is 0 Å². The Morgan fingerprint density at radius 1 is 0.407 bits per heavy atom. The molecular formula is C49H88O5. The molecule has 0 aromatic heterocycles. The molecule has 0 aromatic rings. The van der Waals surface area contributed by atoms with Gasteiger partial charge in [0.05, 0.1) is 6.61 Å². The summed E-state index contributed by atoms with van der Waals surface area (Å²) in [4.78, 5) is 25.2. The van der Waals surface area contributed by atoms with Crippen molar-refractivity contribution < 1.29 is 23.8 Å². The SMILES string of the molecule is CCC/C=C\C/C=C\CCCCCCCC(=O)OC(COCCCCCCCCCC)COC(=O)CCCCCCCCC/C=C\C/C=C\CCCCC. The van der Waals surface area contributed by atoms with Crippen molar-refractivity contribution in [3.63, 3.8) is 0 Å². The molecule has 0 radical (unpaired) electrons. The number of rotatable bonds is 42. The minimum Gasteiger partial charge on any atom is -0.462 e.